The Labute approximate surface area is 188 Å². The third-order valence-electron chi connectivity index (χ3n) is 6.58. The number of hydrogen-bond acceptors (Lipinski definition) is 4. The summed E-state index contributed by atoms with van der Waals surface area (Å²) in [4.78, 5) is 41.4. The van der Waals surface area contributed by atoms with E-state index in [1.807, 2.05) is 31.2 Å². The highest BCUT2D eigenvalue weighted by molar-refractivity contribution is 6.09. The van der Waals surface area contributed by atoms with Gasteiger partial charge in [0, 0.05) is 25.7 Å². The van der Waals surface area contributed by atoms with Crippen molar-refractivity contribution < 1.29 is 14.4 Å². The zero-order valence-corrected chi connectivity index (χ0v) is 18.9. The first kappa shape index (κ1) is 22.0. The largest absolute Gasteiger partial charge is 0.353 e. The molecular weight excluding hydrogens is 404 g/mol. The molecule has 7 heteroatoms. The quantitative estimate of drug-likeness (QED) is 0.684. The number of urea groups is 1. The van der Waals surface area contributed by atoms with Gasteiger partial charge in [-0.25, -0.2) is 4.79 Å². The summed E-state index contributed by atoms with van der Waals surface area (Å²) in [6, 6.07) is 15.5. The predicted molar refractivity (Wildman–Crippen MR) is 122 cm³/mol. The molecule has 4 amide bonds. The second-order valence-corrected chi connectivity index (χ2v) is 8.95. The molecule has 0 bridgehead atoms. The average molecular weight is 435 g/mol. The van der Waals surface area contributed by atoms with E-state index in [0.29, 0.717) is 12.1 Å². The molecule has 0 radical (unpaired) electrons. The van der Waals surface area contributed by atoms with Crippen LogP contribution in [0.25, 0.3) is 0 Å². The molecule has 0 aromatic heterocycles. The van der Waals surface area contributed by atoms with Gasteiger partial charge in [0.15, 0.2) is 0 Å². The molecule has 32 heavy (non-hydrogen) atoms. The van der Waals surface area contributed by atoms with E-state index in [2.05, 4.69) is 46.7 Å². The van der Waals surface area contributed by atoms with Crippen molar-refractivity contribution in [2.24, 2.45) is 0 Å². The lowest BCUT2D eigenvalue weighted by Gasteiger charge is -2.33. The number of amides is 4. The maximum atomic E-state index is 13.0. The summed E-state index contributed by atoms with van der Waals surface area (Å²) in [6.07, 6.45) is 0.995. The van der Waals surface area contributed by atoms with E-state index in [0.717, 1.165) is 30.0 Å². The zero-order chi connectivity index (χ0) is 22.9. The van der Waals surface area contributed by atoms with Crippen LogP contribution in [-0.4, -0.2) is 53.3 Å². The number of nitrogens with one attached hydrogen (secondary N) is 2. The van der Waals surface area contributed by atoms with E-state index >= 15 is 0 Å². The molecule has 2 aliphatic heterocycles. The molecule has 4 rings (SSSR count). The number of carbonyl (C=O) groups excluding carboxylic acids is 3. The summed E-state index contributed by atoms with van der Waals surface area (Å²) in [7, 11) is 0. The Balaban J connectivity index is 1.32. The van der Waals surface area contributed by atoms with Crippen molar-refractivity contribution in [1.82, 2.24) is 20.4 Å². The number of hydrogen-bond donors (Lipinski definition) is 2. The molecule has 2 aliphatic rings. The first-order chi connectivity index (χ1) is 15.3. The molecule has 2 heterocycles. The maximum absolute atomic E-state index is 13.0. The van der Waals surface area contributed by atoms with E-state index in [4.69, 9.17) is 0 Å². The minimum Gasteiger partial charge on any atom is -0.353 e. The fraction of sp³-hybridized carbons (Fsp3) is 0.400. The molecule has 0 saturated carbocycles. The Morgan fingerprint density at radius 1 is 1.12 bits per heavy atom. The van der Waals surface area contributed by atoms with Gasteiger partial charge in [0.1, 0.15) is 12.1 Å². The Kier molecular flexibility index (Phi) is 6.02. The maximum Gasteiger partial charge on any atom is 0.325 e. The van der Waals surface area contributed by atoms with E-state index in [-0.39, 0.29) is 18.5 Å². The average Bonchev–Trinajstić information content (AvgIpc) is 3.01. The fourth-order valence-corrected chi connectivity index (χ4v) is 4.41. The minimum atomic E-state index is -1.17. The normalized spacial score (nSPS) is 21.8. The molecule has 2 aromatic rings. The molecule has 1 saturated heterocycles. The Morgan fingerprint density at radius 3 is 2.53 bits per heavy atom. The van der Waals surface area contributed by atoms with Crippen LogP contribution < -0.4 is 10.6 Å². The molecule has 7 nitrogen and oxygen atoms in total. The summed E-state index contributed by atoms with van der Waals surface area (Å²) in [6.45, 7) is 7.68. The van der Waals surface area contributed by atoms with Crippen LogP contribution in [0.1, 0.15) is 36.1 Å². The zero-order valence-electron chi connectivity index (χ0n) is 18.9. The van der Waals surface area contributed by atoms with Crippen LogP contribution in [0.4, 0.5) is 4.79 Å². The van der Waals surface area contributed by atoms with E-state index in [9.17, 15) is 14.4 Å². The smallest absolute Gasteiger partial charge is 0.325 e. The summed E-state index contributed by atoms with van der Waals surface area (Å²) in [5.41, 5.74) is 3.31. The fourth-order valence-electron chi connectivity index (χ4n) is 4.41. The van der Waals surface area contributed by atoms with Gasteiger partial charge in [-0.1, -0.05) is 54.1 Å². The number of fused-ring (bicyclic) bond motifs is 1. The monoisotopic (exact) mass is 434 g/mol. The lowest BCUT2D eigenvalue weighted by Crippen LogP contribution is -2.47. The molecule has 2 N–H and O–H groups in total. The van der Waals surface area contributed by atoms with Crippen LogP contribution in [0, 0.1) is 6.92 Å². The highest BCUT2D eigenvalue weighted by atomic mass is 16.2. The van der Waals surface area contributed by atoms with Crippen LogP contribution >= 0.6 is 0 Å². The van der Waals surface area contributed by atoms with Crippen LogP contribution in [0.5, 0.6) is 0 Å². The summed E-state index contributed by atoms with van der Waals surface area (Å²) < 4.78 is 0. The number of carbonyl (C=O) groups is 3. The number of nitrogens with zero attached hydrogens (tertiary/aromatic N) is 2. The summed E-state index contributed by atoms with van der Waals surface area (Å²) in [5, 5.41) is 5.64. The molecular formula is C25H30N4O3. The van der Waals surface area contributed by atoms with Crippen molar-refractivity contribution in [2.75, 3.05) is 19.6 Å². The van der Waals surface area contributed by atoms with Gasteiger partial charge in [-0.2, -0.15) is 0 Å². The Bertz CT molecular complexity index is 1040. The van der Waals surface area contributed by atoms with Gasteiger partial charge >= 0.3 is 6.03 Å². The van der Waals surface area contributed by atoms with Crippen molar-refractivity contribution in [2.45, 2.75) is 45.3 Å². The Morgan fingerprint density at radius 2 is 1.81 bits per heavy atom. The molecule has 0 spiro atoms. The van der Waals surface area contributed by atoms with Crippen molar-refractivity contribution in [3.63, 3.8) is 0 Å². The highest BCUT2D eigenvalue weighted by Crippen LogP contribution is 2.28. The van der Waals surface area contributed by atoms with Crippen molar-refractivity contribution in [3.8, 4) is 0 Å². The third-order valence-corrected chi connectivity index (χ3v) is 6.58. The third kappa shape index (κ3) is 4.25. The number of rotatable bonds is 6. The molecule has 2 unspecified atom stereocenters. The lowest BCUT2D eigenvalue weighted by molar-refractivity contribution is -0.134. The molecule has 2 atom stereocenters. The van der Waals surface area contributed by atoms with Crippen molar-refractivity contribution in [1.29, 1.82) is 0 Å². The second-order valence-electron chi connectivity index (χ2n) is 8.95. The number of benzene rings is 2. The SMILES string of the molecule is Cc1ccc(C2(C)NC(=O)N(CC(=O)NCC(C)N3CCc4ccccc4C3)C2=O)cc1. The van der Waals surface area contributed by atoms with E-state index < -0.39 is 17.5 Å². The number of aryl methyl sites for hydroxylation is 1. The van der Waals surface area contributed by atoms with Gasteiger partial charge in [-0.15, -0.1) is 0 Å². The van der Waals surface area contributed by atoms with Gasteiger partial charge < -0.3 is 10.6 Å². The topological polar surface area (TPSA) is 81.8 Å². The minimum absolute atomic E-state index is 0.147. The van der Waals surface area contributed by atoms with Gasteiger partial charge in [0.05, 0.1) is 0 Å². The lowest BCUT2D eigenvalue weighted by atomic mass is 9.91. The summed E-state index contributed by atoms with van der Waals surface area (Å²) in [5.74, 6) is -0.756. The second kappa shape index (κ2) is 8.74. The highest BCUT2D eigenvalue weighted by Gasteiger charge is 2.49. The van der Waals surface area contributed by atoms with Gasteiger partial charge in [0.25, 0.3) is 5.91 Å². The predicted octanol–water partition coefficient (Wildman–Crippen LogP) is 2.33. The molecule has 1 fully saturated rings. The first-order valence-corrected chi connectivity index (χ1v) is 11.1. The van der Waals surface area contributed by atoms with Crippen LogP contribution in [0.3, 0.4) is 0 Å². The van der Waals surface area contributed by atoms with Crippen LogP contribution in [-0.2, 0) is 28.1 Å². The van der Waals surface area contributed by atoms with E-state index in [1.165, 1.54) is 11.1 Å². The van der Waals surface area contributed by atoms with Gasteiger partial charge in [-0.05, 0) is 43.9 Å². The standard InChI is InChI=1S/C25H30N4O3/c1-17-8-10-21(11-9-17)25(3)23(31)29(24(32)27-25)16-22(30)26-14-18(2)28-13-12-19-6-4-5-7-20(19)15-28/h4-11,18H,12-16H2,1-3H3,(H,26,30)(H,27,32). The van der Waals surface area contributed by atoms with E-state index in [1.54, 1.807) is 6.92 Å². The van der Waals surface area contributed by atoms with Gasteiger partial charge in [0.2, 0.25) is 5.91 Å². The van der Waals surface area contributed by atoms with Crippen LogP contribution in [0.2, 0.25) is 0 Å². The Hall–Kier alpha value is -3.19. The molecule has 168 valence electrons. The molecule has 2 aromatic carbocycles. The van der Waals surface area contributed by atoms with Gasteiger partial charge in [-0.3, -0.25) is 19.4 Å². The van der Waals surface area contributed by atoms with Crippen LogP contribution in [0.15, 0.2) is 48.5 Å². The van der Waals surface area contributed by atoms with Crippen molar-refractivity contribution >= 4 is 17.8 Å². The first-order valence-electron chi connectivity index (χ1n) is 11.1. The molecule has 0 aliphatic carbocycles. The summed E-state index contributed by atoms with van der Waals surface area (Å²) >= 11 is 0. The number of imide groups is 1. The van der Waals surface area contributed by atoms with Crippen molar-refractivity contribution in [3.05, 3.63) is 70.8 Å².